The van der Waals surface area contributed by atoms with Gasteiger partial charge in [-0.1, -0.05) is 6.07 Å². The third-order valence-electron chi connectivity index (χ3n) is 2.89. The fourth-order valence-corrected chi connectivity index (χ4v) is 1.98. The molecule has 1 aromatic rings. The Balaban J connectivity index is 3.04. The molecular weight excluding hydrogens is 230 g/mol. The third-order valence-corrected chi connectivity index (χ3v) is 2.89. The van der Waals surface area contributed by atoms with Crippen LogP contribution in [0.4, 0.5) is 5.69 Å². The SMILES string of the molecule is COc1c(C)cc(C)cc1N(C)C(=O)CCCO. The number of aliphatic hydroxyl groups is 1. The molecule has 1 rings (SSSR count). The van der Waals surface area contributed by atoms with Crippen LogP contribution in [-0.4, -0.2) is 31.8 Å². The average molecular weight is 251 g/mol. The fraction of sp³-hybridized carbons (Fsp3) is 0.500. The monoisotopic (exact) mass is 251 g/mol. The number of hydrogen-bond donors (Lipinski definition) is 1. The third kappa shape index (κ3) is 3.23. The zero-order valence-corrected chi connectivity index (χ0v) is 11.5. The van der Waals surface area contributed by atoms with E-state index in [1.807, 2.05) is 26.0 Å². The van der Waals surface area contributed by atoms with Gasteiger partial charge in [-0.15, -0.1) is 0 Å². The number of aliphatic hydroxyl groups excluding tert-OH is 1. The van der Waals surface area contributed by atoms with Crippen LogP contribution in [0.15, 0.2) is 12.1 Å². The highest BCUT2D eigenvalue weighted by Crippen LogP contribution is 2.32. The number of amides is 1. The largest absolute Gasteiger partial charge is 0.494 e. The van der Waals surface area contributed by atoms with Crippen molar-refractivity contribution in [3.63, 3.8) is 0 Å². The number of carbonyl (C=O) groups excluding carboxylic acids is 1. The van der Waals surface area contributed by atoms with Crippen LogP contribution in [0.2, 0.25) is 0 Å². The van der Waals surface area contributed by atoms with Crippen LogP contribution in [-0.2, 0) is 4.79 Å². The molecule has 0 aliphatic carbocycles. The molecule has 100 valence electrons. The summed E-state index contributed by atoms with van der Waals surface area (Å²) in [5, 5.41) is 8.76. The first kappa shape index (κ1) is 14.5. The maximum absolute atomic E-state index is 12.0. The molecule has 0 aliphatic rings. The van der Waals surface area contributed by atoms with E-state index in [2.05, 4.69) is 0 Å². The quantitative estimate of drug-likeness (QED) is 0.871. The lowest BCUT2D eigenvalue weighted by Crippen LogP contribution is -2.26. The lowest BCUT2D eigenvalue weighted by Gasteiger charge is -2.22. The van der Waals surface area contributed by atoms with E-state index in [0.717, 1.165) is 22.6 Å². The van der Waals surface area contributed by atoms with Crippen molar-refractivity contribution in [1.82, 2.24) is 0 Å². The van der Waals surface area contributed by atoms with Crippen LogP contribution in [0.3, 0.4) is 0 Å². The molecule has 0 radical (unpaired) electrons. The minimum atomic E-state index is -0.0210. The molecule has 0 unspecified atom stereocenters. The molecule has 0 saturated carbocycles. The van der Waals surface area contributed by atoms with Gasteiger partial charge in [0.25, 0.3) is 0 Å². The van der Waals surface area contributed by atoms with E-state index in [-0.39, 0.29) is 12.5 Å². The van der Waals surface area contributed by atoms with E-state index in [1.165, 1.54) is 0 Å². The second-order valence-electron chi connectivity index (χ2n) is 4.41. The number of hydrogen-bond acceptors (Lipinski definition) is 3. The van der Waals surface area contributed by atoms with E-state index >= 15 is 0 Å². The highest BCUT2D eigenvalue weighted by atomic mass is 16.5. The Kier molecular flexibility index (Phi) is 5.16. The highest BCUT2D eigenvalue weighted by Gasteiger charge is 2.16. The molecule has 0 bridgehead atoms. The van der Waals surface area contributed by atoms with Crippen molar-refractivity contribution in [2.24, 2.45) is 0 Å². The molecule has 0 fully saturated rings. The number of anilines is 1. The maximum Gasteiger partial charge on any atom is 0.226 e. The number of carbonyl (C=O) groups is 1. The summed E-state index contributed by atoms with van der Waals surface area (Å²) in [6.07, 6.45) is 0.819. The summed E-state index contributed by atoms with van der Waals surface area (Å²) in [6.45, 7) is 3.98. The van der Waals surface area contributed by atoms with Crippen LogP contribution in [0.5, 0.6) is 5.75 Å². The average Bonchev–Trinajstić information content (AvgIpc) is 2.34. The number of benzene rings is 1. The molecule has 0 spiro atoms. The smallest absolute Gasteiger partial charge is 0.226 e. The molecule has 0 aromatic heterocycles. The second kappa shape index (κ2) is 6.40. The minimum absolute atomic E-state index is 0.0210. The summed E-state index contributed by atoms with van der Waals surface area (Å²) in [7, 11) is 3.34. The number of rotatable bonds is 5. The molecular formula is C14H21NO3. The summed E-state index contributed by atoms with van der Waals surface area (Å²) >= 11 is 0. The van der Waals surface area contributed by atoms with Gasteiger partial charge in [-0.2, -0.15) is 0 Å². The van der Waals surface area contributed by atoms with Gasteiger partial charge in [0.2, 0.25) is 5.91 Å². The maximum atomic E-state index is 12.0. The van der Waals surface area contributed by atoms with Gasteiger partial charge in [0.1, 0.15) is 5.75 Å². The van der Waals surface area contributed by atoms with Crippen LogP contribution in [0.1, 0.15) is 24.0 Å². The van der Waals surface area contributed by atoms with Gasteiger partial charge in [0, 0.05) is 20.1 Å². The van der Waals surface area contributed by atoms with Crippen molar-refractivity contribution in [3.8, 4) is 5.75 Å². The fourth-order valence-electron chi connectivity index (χ4n) is 1.98. The Hall–Kier alpha value is -1.55. The van der Waals surface area contributed by atoms with Gasteiger partial charge in [-0.3, -0.25) is 4.79 Å². The number of nitrogens with zero attached hydrogens (tertiary/aromatic N) is 1. The van der Waals surface area contributed by atoms with Crippen LogP contribution < -0.4 is 9.64 Å². The van der Waals surface area contributed by atoms with Crippen molar-refractivity contribution in [2.45, 2.75) is 26.7 Å². The number of aryl methyl sites for hydroxylation is 2. The molecule has 0 aliphatic heterocycles. The van der Waals surface area contributed by atoms with E-state index in [4.69, 9.17) is 9.84 Å². The first-order valence-electron chi connectivity index (χ1n) is 6.04. The molecule has 4 heteroatoms. The van der Waals surface area contributed by atoms with Crippen molar-refractivity contribution in [3.05, 3.63) is 23.3 Å². The summed E-state index contributed by atoms with van der Waals surface area (Å²) in [4.78, 5) is 13.5. The van der Waals surface area contributed by atoms with Gasteiger partial charge in [0.05, 0.1) is 12.8 Å². The Labute approximate surface area is 108 Å². The molecule has 0 heterocycles. The normalized spacial score (nSPS) is 10.3. The summed E-state index contributed by atoms with van der Waals surface area (Å²) in [5.41, 5.74) is 2.87. The standard InChI is InChI=1S/C14H21NO3/c1-10-8-11(2)14(18-4)12(9-10)15(3)13(17)6-5-7-16/h8-9,16H,5-7H2,1-4H3. The van der Waals surface area contributed by atoms with Gasteiger partial charge in [-0.25, -0.2) is 0 Å². The van der Waals surface area contributed by atoms with Crippen LogP contribution in [0, 0.1) is 13.8 Å². The predicted molar refractivity (Wildman–Crippen MR) is 72.2 cm³/mol. The molecule has 4 nitrogen and oxygen atoms in total. The highest BCUT2D eigenvalue weighted by molar-refractivity contribution is 5.94. The Morgan fingerprint density at radius 3 is 2.61 bits per heavy atom. The molecule has 1 aromatic carbocycles. The first-order valence-corrected chi connectivity index (χ1v) is 6.04. The van der Waals surface area contributed by atoms with Gasteiger partial charge >= 0.3 is 0 Å². The van der Waals surface area contributed by atoms with Crippen molar-refractivity contribution >= 4 is 11.6 Å². The first-order chi connectivity index (χ1) is 8.51. The second-order valence-corrected chi connectivity index (χ2v) is 4.41. The number of ether oxygens (including phenoxy) is 1. The summed E-state index contributed by atoms with van der Waals surface area (Å²) in [6, 6.07) is 3.96. The lowest BCUT2D eigenvalue weighted by molar-refractivity contribution is -0.118. The van der Waals surface area contributed by atoms with Crippen molar-refractivity contribution < 1.29 is 14.6 Å². The van der Waals surface area contributed by atoms with Crippen molar-refractivity contribution in [1.29, 1.82) is 0 Å². The molecule has 1 amide bonds. The van der Waals surface area contributed by atoms with Crippen LogP contribution in [0.25, 0.3) is 0 Å². The zero-order chi connectivity index (χ0) is 13.7. The van der Waals surface area contributed by atoms with E-state index < -0.39 is 0 Å². The molecule has 0 saturated heterocycles. The zero-order valence-electron chi connectivity index (χ0n) is 11.5. The van der Waals surface area contributed by atoms with Crippen molar-refractivity contribution in [2.75, 3.05) is 25.7 Å². The number of methoxy groups -OCH3 is 1. The lowest BCUT2D eigenvalue weighted by atomic mass is 10.1. The van der Waals surface area contributed by atoms with E-state index in [9.17, 15) is 4.79 Å². The Bertz CT molecular complexity index is 429. The summed E-state index contributed by atoms with van der Waals surface area (Å²) < 4.78 is 5.36. The Morgan fingerprint density at radius 1 is 1.39 bits per heavy atom. The predicted octanol–water partition coefficient (Wildman–Crippen LogP) is 2.05. The molecule has 18 heavy (non-hydrogen) atoms. The topological polar surface area (TPSA) is 49.8 Å². The molecule has 1 N–H and O–H groups in total. The van der Waals surface area contributed by atoms with E-state index in [1.54, 1.807) is 19.1 Å². The van der Waals surface area contributed by atoms with Crippen LogP contribution >= 0.6 is 0 Å². The van der Waals surface area contributed by atoms with E-state index in [0.29, 0.717) is 12.8 Å². The molecule has 0 atom stereocenters. The van der Waals surface area contributed by atoms with Gasteiger partial charge in [-0.05, 0) is 37.5 Å². The summed E-state index contributed by atoms with van der Waals surface area (Å²) in [5.74, 6) is 0.702. The van der Waals surface area contributed by atoms with Gasteiger partial charge < -0.3 is 14.7 Å². The minimum Gasteiger partial charge on any atom is -0.494 e. The van der Waals surface area contributed by atoms with Gasteiger partial charge in [0.15, 0.2) is 0 Å². The Morgan fingerprint density at radius 2 is 2.06 bits per heavy atom.